The molecule has 0 unspecified atom stereocenters. The molecule has 0 bridgehead atoms. The van der Waals surface area contributed by atoms with Gasteiger partial charge in [-0.15, -0.1) is 5.10 Å². The monoisotopic (exact) mass is 589 g/mol. The van der Waals surface area contributed by atoms with E-state index in [4.69, 9.17) is 19.8 Å². The minimum absolute atomic E-state index is 0.653. The van der Waals surface area contributed by atoms with Gasteiger partial charge in [-0.1, -0.05) is 48.0 Å². The number of benzene rings is 4. The number of imidazole rings is 2. The average Bonchev–Trinajstić information content (AvgIpc) is 3.68. The van der Waals surface area contributed by atoms with Crippen molar-refractivity contribution in [3.8, 4) is 34.4 Å². The molecule has 0 aliphatic carbocycles. The number of ether oxygens (including phenoxy) is 1. The number of fused-ring (bicyclic) bond motifs is 5. The van der Waals surface area contributed by atoms with Gasteiger partial charge in [-0.2, -0.15) is 0 Å². The van der Waals surface area contributed by atoms with E-state index in [0.717, 1.165) is 56.3 Å². The van der Waals surface area contributed by atoms with E-state index >= 15 is 0 Å². The van der Waals surface area contributed by atoms with Crippen LogP contribution in [0.2, 0.25) is 0 Å². The normalized spacial score (nSPS) is 11.7. The van der Waals surface area contributed by atoms with Crippen molar-refractivity contribution in [3.63, 3.8) is 0 Å². The summed E-state index contributed by atoms with van der Waals surface area (Å²) in [6, 6.07) is 30.6. The second kappa shape index (κ2) is 10.2. The highest BCUT2D eigenvalue weighted by Crippen LogP contribution is 2.34. The van der Waals surface area contributed by atoms with Gasteiger partial charge in [-0.05, 0) is 93.8 Å². The first-order valence-corrected chi connectivity index (χ1v) is 15.0. The van der Waals surface area contributed by atoms with Gasteiger partial charge in [0.1, 0.15) is 23.1 Å². The molecule has 8 aromatic rings. The average molecular weight is 590 g/mol. The van der Waals surface area contributed by atoms with Crippen molar-refractivity contribution in [1.82, 2.24) is 33.7 Å². The van der Waals surface area contributed by atoms with E-state index in [1.807, 2.05) is 66.2 Å². The number of pyridine rings is 1. The largest absolute Gasteiger partial charge is 0.457 e. The van der Waals surface area contributed by atoms with Gasteiger partial charge in [-0.25, -0.2) is 19.6 Å². The Morgan fingerprint density at radius 2 is 1.44 bits per heavy atom. The van der Waals surface area contributed by atoms with Crippen LogP contribution in [0.5, 0.6) is 11.5 Å². The highest BCUT2D eigenvalue weighted by Gasteiger charge is 2.20. The van der Waals surface area contributed by atoms with E-state index in [2.05, 4.69) is 78.0 Å². The van der Waals surface area contributed by atoms with Crippen molar-refractivity contribution in [2.45, 2.75) is 34.6 Å². The molecule has 0 aliphatic heterocycles. The van der Waals surface area contributed by atoms with Crippen LogP contribution >= 0.6 is 0 Å². The molecule has 0 radical (unpaired) electrons. The number of aryl methyl sites for hydroxylation is 5. The lowest BCUT2D eigenvalue weighted by atomic mass is 10.1. The molecule has 0 saturated carbocycles. The smallest absolute Gasteiger partial charge is 0.221 e. The molecule has 4 aromatic carbocycles. The third-order valence-electron chi connectivity index (χ3n) is 8.32. The van der Waals surface area contributed by atoms with Gasteiger partial charge in [0.05, 0.1) is 27.8 Å². The maximum absolute atomic E-state index is 6.47. The minimum atomic E-state index is 0.653. The Morgan fingerprint density at radius 3 is 2.24 bits per heavy atom. The van der Waals surface area contributed by atoms with Gasteiger partial charge in [0, 0.05) is 17.8 Å². The molecule has 0 atom stereocenters. The SMILES string of the molecule is Cc1cc(C)c(-n2nc(-c3cccc(Oc4ccc5c(c4)n(-c4ccccn4)c4nc6c(C)cccc6n54)c3)nc2C)c(C)c1. The predicted molar refractivity (Wildman–Crippen MR) is 178 cm³/mol. The van der Waals surface area contributed by atoms with Gasteiger partial charge in [0.15, 0.2) is 5.82 Å². The summed E-state index contributed by atoms with van der Waals surface area (Å²) in [7, 11) is 0. The van der Waals surface area contributed by atoms with E-state index in [1.165, 1.54) is 16.7 Å². The van der Waals surface area contributed by atoms with Crippen LogP contribution in [-0.2, 0) is 0 Å². The van der Waals surface area contributed by atoms with Crippen LogP contribution in [0.1, 0.15) is 28.1 Å². The quantitative estimate of drug-likeness (QED) is 0.201. The van der Waals surface area contributed by atoms with E-state index < -0.39 is 0 Å². The molecule has 0 N–H and O–H groups in total. The third-order valence-corrected chi connectivity index (χ3v) is 8.32. The Bertz CT molecular complexity index is 2390. The summed E-state index contributed by atoms with van der Waals surface area (Å²) in [5, 5.41) is 4.92. The number of hydrogen-bond acceptors (Lipinski definition) is 5. The fourth-order valence-corrected chi connectivity index (χ4v) is 6.43. The number of nitrogens with zero attached hydrogens (tertiary/aromatic N) is 7. The molecule has 45 heavy (non-hydrogen) atoms. The number of hydrogen-bond donors (Lipinski definition) is 0. The summed E-state index contributed by atoms with van der Waals surface area (Å²) in [5.41, 5.74) is 10.7. The molecule has 0 spiro atoms. The number of para-hydroxylation sites is 1. The van der Waals surface area contributed by atoms with Crippen molar-refractivity contribution < 1.29 is 4.74 Å². The summed E-state index contributed by atoms with van der Waals surface area (Å²) < 4.78 is 12.7. The highest BCUT2D eigenvalue weighted by atomic mass is 16.5. The first-order chi connectivity index (χ1) is 21.9. The second-order valence-corrected chi connectivity index (χ2v) is 11.6. The Balaban J connectivity index is 1.20. The summed E-state index contributed by atoms with van der Waals surface area (Å²) >= 11 is 0. The topological polar surface area (TPSA) is 75.1 Å². The van der Waals surface area contributed by atoms with E-state index in [9.17, 15) is 0 Å². The van der Waals surface area contributed by atoms with Crippen LogP contribution in [-0.4, -0.2) is 33.7 Å². The van der Waals surface area contributed by atoms with E-state index in [1.54, 1.807) is 6.20 Å². The lowest BCUT2D eigenvalue weighted by Gasteiger charge is -2.12. The maximum atomic E-state index is 6.47. The third kappa shape index (κ3) is 4.37. The van der Waals surface area contributed by atoms with Crippen molar-refractivity contribution >= 4 is 27.8 Å². The Hall–Kier alpha value is -5.76. The minimum Gasteiger partial charge on any atom is -0.457 e. The molecule has 0 aliphatic rings. The van der Waals surface area contributed by atoms with Crippen molar-refractivity contribution in [1.29, 1.82) is 0 Å². The van der Waals surface area contributed by atoms with Gasteiger partial charge in [-0.3, -0.25) is 8.97 Å². The summed E-state index contributed by atoms with van der Waals surface area (Å²) in [4.78, 5) is 14.6. The zero-order valence-electron chi connectivity index (χ0n) is 25.8. The zero-order chi connectivity index (χ0) is 30.8. The fraction of sp³-hybridized carbons (Fsp3) is 0.135. The number of rotatable bonds is 5. The lowest BCUT2D eigenvalue weighted by molar-refractivity contribution is 0.483. The molecule has 0 saturated heterocycles. The van der Waals surface area contributed by atoms with Crippen LogP contribution in [0.15, 0.2) is 97.2 Å². The second-order valence-electron chi connectivity index (χ2n) is 11.6. The Labute approximate surface area is 260 Å². The Kier molecular flexibility index (Phi) is 6.06. The molecule has 4 aromatic heterocycles. The van der Waals surface area contributed by atoms with Gasteiger partial charge < -0.3 is 4.74 Å². The van der Waals surface area contributed by atoms with Crippen molar-refractivity contribution in [2.24, 2.45) is 0 Å². The van der Waals surface area contributed by atoms with E-state index in [-0.39, 0.29) is 0 Å². The van der Waals surface area contributed by atoms with Crippen LogP contribution in [0, 0.1) is 34.6 Å². The Morgan fingerprint density at radius 1 is 0.644 bits per heavy atom. The molecule has 0 fully saturated rings. The molecule has 0 amide bonds. The van der Waals surface area contributed by atoms with Crippen LogP contribution in [0.4, 0.5) is 0 Å². The van der Waals surface area contributed by atoms with Crippen molar-refractivity contribution in [3.05, 3.63) is 125 Å². The summed E-state index contributed by atoms with van der Waals surface area (Å²) in [5.74, 6) is 4.49. The molecular weight excluding hydrogens is 558 g/mol. The fourth-order valence-electron chi connectivity index (χ4n) is 6.43. The van der Waals surface area contributed by atoms with Crippen LogP contribution in [0.25, 0.3) is 50.7 Å². The van der Waals surface area contributed by atoms with Gasteiger partial charge in [0.25, 0.3) is 0 Å². The van der Waals surface area contributed by atoms with Gasteiger partial charge in [0.2, 0.25) is 5.78 Å². The highest BCUT2D eigenvalue weighted by molar-refractivity contribution is 5.93. The molecule has 8 heteroatoms. The standard InChI is InChI=1S/C37H31N7O/c1-22-18-24(3)35(25(4)19-22)44-26(5)39-36(41-44)27-11-9-12-28(20-27)45-29-15-16-30-32(21-29)43(33-14-6-7-17-38-33)37-40-34-23(2)10-8-13-31(34)42(30)37/h6-21H,1-5H3. The zero-order valence-corrected chi connectivity index (χ0v) is 25.8. The molecular formula is C37H31N7O. The molecule has 8 rings (SSSR count). The molecule has 8 nitrogen and oxygen atoms in total. The van der Waals surface area contributed by atoms with Crippen LogP contribution in [0.3, 0.4) is 0 Å². The van der Waals surface area contributed by atoms with E-state index in [0.29, 0.717) is 17.3 Å². The first kappa shape index (κ1) is 26.8. The summed E-state index contributed by atoms with van der Waals surface area (Å²) in [6.45, 7) is 10.4. The molecule has 4 heterocycles. The number of aromatic nitrogens is 7. The van der Waals surface area contributed by atoms with Crippen LogP contribution < -0.4 is 4.74 Å². The maximum Gasteiger partial charge on any atom is 0.221 e. The van der Waals surface area contributed by atoms with Crippen molar-refractivity contribution in [2.75, 3.05) is 0 Å². The predicted octanol–water partition coefficient (Wildman–Crippen LogP) is 8.41. The first-order valence-electron chi connectivity index (χ1n) is 15.0. The molecule has 220 valence electrons. The lowest BCUT2D eigenvalue weighted by Crippen LogP contribution is -2.04. The van der Waals surface area contributed by atoms with Gasteiger partial charge >= 0.3 is 0 Å². The summed E-state index contributed by atoms with van der Waals surface area (Å²) in [6.07, 6.45) is 1.80.